The van der Waals surface area contributed by atoms with E-state index in [2.05, 4.69) is 0 Å². The molecule has 1 rings (SSSR count). The average Bonchev–Trinajstić information content (AvgIpc) is 2.50. The second-order valence-electron chi connectivity index (χ2n) is 6.29. The summed E-state index contributed by atoms with van der Waals surface area (Å²) in [5.41, 5.74) is -0.489. The largest absolute Gasteiger partial charge is 0.481 e. The van der Waals surface area contributed by atoms with Crippen molar-refractivity contribution < 1.29 is 19.4 Å². The zero-order valence-corrected chi connectivity index (χ0v) is 12.3. The number of ether oxygens (including phenoxy) is 1. The highest BCUT2D eigenvalue weighted by atomic mass is 16.6. The molecule has 0 aromatic rings. The first-order valence-electron chi connectivity index (χ1n) is 6.91. The lowest BCUT2D eigenvalue weighted by Crippen LogP contribution is -2.37. The van der Waals surface area contributed by atoms with E-state index in [0.717, 1.165) is 19.3 Å². The maximum atomic E-state index is 12.0. The SMILES string of the molecule is CC(C(=O)O)C1CCCN(C(=O)OC(C)(C)C)CC1. The van der Waals surface area contributed by atoms with E-state index in [1.165, 1.54) is 0 Å². The molecule has 1 heterocycles. The van der Waals surface area contributed by atoms with E-state index in [-0.39, 0.29) is 17.9 Å². The number of carbonyl (C=O) groups excluding carboxylic acids is 1. The van der Waals surface area contributed by atoms with Gasteiger partial charge in [-0.2, -0.15) is 0 Å². The summed E-state index contributed by atoms with van der Waals surface area (Å²) in [5.74, 6) is -0.959. The van der Waals surface area contributed by atoms with Crippen LogP contribution in [-0.4, -0.2) is 40.8 Å². The molecule has 110 valence electrons. The fourth-order valence-corrected chi connectivity index (χ4v) is 2.33. The van der Waals surface area contributed by atoms with Crippen molar-refractivity contribution in [1.82, 2.24) is 4.90 Å². The Morgan fingerprint density at radius 3 is 2.42 bits per heavy atom. The van der Waals surface area contributed by atoms with Gasteiger partial charge in [0.25, 0.3) is 0 Å². The van der Waals surface area contributed by atoms with Crippen molar-refractivity contribution in [1.29, 1.82) is 0 Å². The number of carboxylic acids is 1. The smallest absolute Gasteiger partial charge is 0.410 e. The van der Waals surface area contributed by atoms with E-state index in [9.17, 15) is 9.59 Å². The van der Waals surface area contributed by atoms with Crippen molar-refractivity contribution in [2.75, 3.05) is 13.1 Å². The van der Waals surface area contributed by atoms with Gasteiger partial charge >= 0.3 is 12.1 Å². The van der Waals surface area contributed by atoms with Gasteiger partial charge < -0.3 is 14.7 Å². The van der Waals surface area contributed by atoms with Gasteiger partial charge in [-0.25, -0.2) is 4.79 Å². The van der Waals surface area contributed by atoms with Crippen LogP contribution in [0.4, 0.5) is 4.79 Å². The van der Waals surface area contributed by atoms with Crippen LogP contribution in [0.1, 0.15) is 47.0 Å². The van der Waals surface area contributed by atoms with Crippen molar-refractivity contribution in [2.45, 2.75) is 52.6 Å². The van der Waals surface area contributed by atoms with Gasteiger partial charge in [-0.15, -0.1) is 0 Å². The third kappa shape index (κ3) is 5.09. The van der Waals surface area contributed by atoms with Crippen LogP contribution in [0.3, 0.4) is 0 Å². The van der Waals surface area contributed by atoms with Crippen LogP contribution in [-0.2, 0) is 9.53 Å². The fraction of sp³-hybridized carbons (Fsp3) is 0.857. The lowest BCUT2D eigenvalue weighted by Gasteiger charge is -2.26. The molecule has 0 radical (unpaired) electrons. The molecule has 2 atom stereocenters. The highest BCUT2D eigenvalue weighted by Crippen LogP contribution is 2.26. The Morgan fingerprint density at radius 2 is 1.89 bits per heavy atom. The van der Waals surface area contributed by atoms with Crippen LogP contribution in [0, 0.1) is 11.8 Å². The Labute approximate surface area is 114 Å². The molecule has 1 saturated heterocycles. The van der Waals surface area contributed by atoms with Crippen molar-refractivity contribution in [2.24, 2.45) is 11.8 Å². The first kappa shape index (κ1) is 15.8. The highest BCUT2D eigenvalue weighted by molar-refractivity contribution is 5.70. The van der Waals surface area contributed by atoms with E-state index >= 15 is 0 Å². The number of amides is 1. The Bertz CT molecular complexity index is 335. The topological polar surface area (TPSA) is 66.8 Å². The number of rotatable bonds is 2. The minimum Gasteiger partial charge on any atom is -0.481 e. The third-order valence-electron chi connectivity index (χ3n) is 3.52. The summed E-state index contributed by atoms with van der Waals surface area (Å²) in [6, 6.07) is 0. The third-order valence-corrected chi connectivity index (χ3v) is 3.52. The molecule has 1 amide bonds. The second-order valence-corrected chi connectivity index (χ2v) is 6.29. The molecule has 1 aliphatic heterocycles. The van der Waals surface area contributed by atoms with Gasteiger partial charge in [-0.1, -0.05) is 6.92 Å². The van der Waals surface area contributed by atoms with E-state index in [4.69, 9.17) is 9.84 Å². The molecule has 1 N–H and O–H groups in total. The summed E-state index contributed by atoms with van der Waals surface area (Å²) in [4.78, 5) is 24.7. The van der Waals surface area contributed by atoms with Gasteiger partial charge in [0.2, 0.25) is 0 Å². The number of nitrogens with zero attached hydrogens (tertiary/aromatic N) is 1. The molecule has 0 aromatic carbocycles. The van der Waals surface area contributed by atoms with Crippen LogP contribution in [0.15, 0.2) is 0 Å². The molecule has 2 unspecified atom stereocenters. The predicted octanol–water partition coefficient (Wildman–Crippen LogP) is 2.74. The van der Waals surface area contributed by atoms with Gasteiger partial charge in [0.05, 0.1) is 5.92 Å². The van der Waals surface area contributed by atoms with Crippen LogP contribution < -0.4 is 0 Å². The maximum absolute atomic E-state index is 12.0. The summed E-state index contributed by atoms with van der Waals surface area (Å²) in [6.45, 7) is 8.51. The second kappa shape index (κ2) is 6.26. The summed E-state index contributed by atoms with van der Waals surface area (Å²) < 4.78 is 5.35. The molecule has 0 aromatic heterocycles. The van der Waals surface area contributed by atoms with Crippen molar-refractivity contribution in [3.8, 4) is 0 Å². The van der Waals surface area contributed by atoms with Crippen molar-refractivity contribution >= 4 is 12.1 Å². The average molecular weight is 271 g/mol. The first-order chi connectivity index (χ1) is 8.70. The van der Waals surface area contributed by atoms with Gasteiger partial charge in [0, 0.05) is 13.1 Å². The molecule has 0 bridgehead atoms. The standard InChI is InChI=1S/C14H25NO4/c1-10(12(16)17)11-6-5-8-15(9-7-11)13(18)19-14(2,3)4/h10-11H,5-9H2,1-4H3,(H,16,17). The number of aliphatic carboxylic acids is 1. The van der Waals surface area contributed by atoms with Gasteiger partial charge in [0.1, 0.15) is 5.60 Å². The minimum absolute atomic E-state index is 0.143. The zero-order chi connectivity index (χ0) is 14.6. The number of carbonyl (C=O) groups is 2. The Balaban J connectivity index is 2.54. The quantitative estimate of drug-likeness (QED) is 0.838. The summed E-state index contributed by atoms with van der Waals surface area (Å²) in [6.07, 6.45) is 2.12. The summed E-state index contributed by atoms with van der Waals surface area (Å²) in [7, 11) is 0. The monoisotopic (exact) mass is 271 g/mol. The summed E-state index contributed by atoms with van der Waals surface area (Å²) in [5, 5.41) is 9.05. The minimum atomic E-state index is -0.754. The van der Waals surface area contributed by atoms with Gasteiger partial charge in [0.15, 0.2) is 0 Å². The maximum Gasteiger partial charge on any atom is 0.410 e. The lowest BCUT2D eigenvalue weighted by molar-refractivity contribution is -0.143. The van der Waals surface area contributed by atoms with Crippen molar-refractivity contribution in [3.05, 3.63) is 0 Å². The van der Waals surface area contributed by atoms with Crippen molar-refractivity contribution in [3.63, 3.8) is 0 Å². The first-order valence-corrected chi connectivity index (χ1v) is 6.91. The number of hydrogen-bond acceptors (Lipinski definition) is 3. The molecule has 1 fully saturated rings. The summed E-state index contributed by atoms with van der Waals surface area (Å²) >= 11 is 0. The fourth-order valence-electron chi connectivity index (χ4n) is 2.33. The molecule has 0 saturated carbocycles. The molecular formula is C14H25NO4. The van der Waals surface area contributed by atoms with E-state index < -0.39 is 11.6 Å². The molecule has 19 heavy (non-hydrogen) atoms. The van der Waals surface area contributed by atoms with E-state index in [1.807, 2.05) is 20.8 Å². The molecule has 0 spiro atoms. The number of hydrogen-bond donors (Lipinski definition) is 1. The highest BCUT2D eigenvalue weighted by Gasteiger charge is 2.29. The predicted molar refractivity (Wildman–Crippen MR) is 71.9 cm³/mol. The van der Waals surface area contributed by atoms with Gasteiger partial charge in [-0.3, -0.25) is 4.79 Å². The number of likely N-dealkylation sites (tertiary alicyclic amines) is 1. The zero-order valence-electron chi connectivity index (χ0n) is 12.3. The van der Waals surface area contributed by atoms with Gasteiger partial charge in [-0.05, 0) is 46.0 Å². The van der Waals surface area contributed by atoms with Crippen LogP contribution >= 0.6 is 0 Å². The molecule has 5 nitrogen and oxygen atoms in total. The Hall–Kier alpha value is -1.26. The molecule has 1 aliphatic rings. The Kier molecular flexibility index (Phi) is 5.20. The lowest BCUT2D eigenvalue weighted by atomic mass is 9.88. The van der Waals surface area contributed by atoms with E-state index in [0.29, 0.717) is 13.1 Å². The van der Waals surface area contributed by atoms with Crippen LogP contribution in [0.2, 0.25) is 0 Å². The van der Waals surface area contributed by atoms with Crippen LogP contribution in [0.5, 0.6) is 0 Å². The molecular weight excluding hydrogens is 246 g/mol. The van der Waals surface area contributed by atoms with E-state index in [1.54, 1.807) is 11.8 Å². The number of carboxylic acid groups (broad SMARTS) is 1. The molecule has 0 aliphatic carbocycles. The normalized spacial score (nSPS) is 22.5. The Morgan fingerprint density at radius 1 is 1.26 bits per heavy atom. The molecule has 5 heteroatoms. The van der Waals surface area contributed by atoms with Crippen LogP contribution in [0.25, 0.3) is 0 Å².